The van der Waals surface area contributed by atoms with Gasteiger partial charge in [0.1, 0.15) is 22.0 Å². The van der Waals surface area contributed by atoms with Crippen LogP contribution in [0.3, 0.4) is 0 Å². The maximum Gasteiger partial charge on any atom is 0.158 e. The number of ether oxygens (including phenoxy) is 1. The fraction of sp³-hybridized carbons (Fsp3) is 0.0244. The zero-order valence-electron chi connectivity index (χ0n) is 26.7. The van der Waals surface area contributed by atoms with Gasteiger partial charge in [-0.1, -0.05) is 71.2 Å². The van der Waals surface area contributed by atoms with Crippen LogP contribution in [-0.4, -0.2) is 34.7 Å². The standard InChI is InChI=1S/C41H25N7OS2/c1-5-15-30-22(9-1)18-19-31(49-30)40-34(24-11-7-17-33-38(24)47-48-51-33)36-29(43-40)21-25(26-14-8-20-42-26)35(39-23-10-2-3-12-27(23)45-46-39)37(36)41-44-28-13-4-6-16-32(28)50-41/h1-21,31,42-43H,(H,45,46). The quantitative estimate of drug-likeness (QED) is 0.166. The van der Waals surface area contributed by atoms with E-state index in [-0.39, 0.29) is 0 Å². The van der Waals surface area contributed by atoms with Crippen molar-refractivity contribution in [3.63, 3.8) is 0 Å². The topological polar surface area (TPSA) is 108 Å². The first-order valence-electron chi connectivity index (χ1n) is 16.6. The predicted octanol–water partition coefficient (Wildman–Crippen LogP) is 10.8. The maximum atomic E-state index is 6.77. The van der Waals surface area contributed by atoms with E-state index in [1.54, 1.807) is 11.3 Å². The van der Waals surface area contributed by atoms with Crippen molar-refractivity contribution in [2.45, 2.75) is 6.10 Å². The Morgan fingerprint density at radius 1 is 0.745 bits per heavy atom. The summed E-state index contributed by atoms with van der Waals surface area (Å²) >= 11 is 3.09. The van der Waals surface area contributed by atoms with Crippen LogP contribution in [0.15, 0.2) is 121 Å². The number of hydrogen-bond donors (Lipinski definition) is 3. The molecular formula is C41H25N7OS2. The van der Waals surface area contributed by atoms with E-state index in [9.17, 15) is 0 Å². The molecule has 0 fully saturated rings. The molecule has 0 saturated carbocycles. The summed E-state index contributed by atoms with van der Waals surface area (Å²) in [6.45, 7) is 0. The van der Waals surface area contributed by atoms with Gasteiger partial charge in [-0.2, -0.15) is 5.10 Å². The Labute approximate surface area is 298 Å². The molecule has 10 heteroatoms. The molecular weight excluding hydrogens is 671 g/mol. The summed E-state index contributed by atoms with van der Waals surface area (Å²) in [6.07, 6.45) is 5.84. The lowest BCUT2D eigenvalue weighted by atomic mass is 9.88. The predicted molar refractivity (Wildman–Crippen MR) is 207 cm³/mol. The van der Waals surface area contributed by atoms with Gasteiger partial charge < -0.3 is 14.7 Å². The van der Waals surface area contributed by atoms with Crippen LogP contribution in [0.25, 0.3) is 92.5 Å². The Balaban J connectivity index is 1.33. The van der Waals surface area contributed by atoms with Gasteiger partial charge in [-0.15, -0.1) is 16.4 Å². The summed E-state index contributed by atoms with van der Waals surface area (Å²) in [4.78, 5) is 12.7. The van der Waals surface area contributed by atoms with E-state index in [0.29, 0.717) is 0 Å². The molecule has 1 aliphatic heterocycles. The zero-order valence-corrected chi connectivity index (χ0v) is 28.3. The summed E-state index contributed by atoms with van der Waals surface area (Å²) in [6, 6.07) is 37.4. The molecule has 10 aromatic rings. The molecule has 6 heterocycles. The van der Waals surface area contributed by atoms with Crippen LogP contribution in [0.4, 0.5) is 0 Å². The second kappa shape index (κ2) is 11.1. The van der Waals surface area contributed by atoms with Gasteiger partial charge in [-0.3, -0.25) is 5.10 Å². The van der Waals surface area contributed by atoms with E-state index in [0.717, 1.165) is 103 Å². The molecule has 51 heavy (non-hydrogen) atoms. The average molecular weight is 696 g/mol. The first kappa shape index (κ1) is 28.5. The highest BCUT2D eigenvalue weighted by Crippen LogP contribution is 2.52. The molecule has 11 rings (SSSR count). The number of H-pyrrole nitrogens is 3. The number of hydrogen-bond acceptors (Lipinski definition) is 7. The van der Waals surface area contributed by atoms with E-state index < -0.39 is 6.10 Å². The second-order valence-electron chi connectivity index (χ2n) is 12.6. The molecule has 0 aliphatic carbocycles. The van der Waals surface area contributed by atoms with Gasteiger partial charge in [0.25, 0.3) is 0 Å². The molecule has 1 atom stereocenters. The molecule has 3 N–H and O–H groups in total. The highest BCUT2D eigenvalue weighted by molar-refractivity contribution is 7.21. The smallest absolute Gasteiger partial charge is 0.158 e. The largest absolute Gasteiger partial charge is 0.479 e. The lowest BCUT2D eigenvalue weighted by Gasteiger charge is -2.22. The van der Waals surface area contributed by atoms with Crippen LogP contribution >= 0.6 is 22.9 Å². The molecule has 1 unspecified atom stereocenters. The van der Waals surface area contributed by atoms with Crippen molar-refractivity contribution in [3.8, 4) is 50.0 Å². The fourth-order valence-electron chi connectivity index (χ4n) is 7.43. The summed E-state index contributed by atoms with van der Waals surface area (Å²) in [5, 5.41) is 16.0. The zero-order chi connectivity index (χ0) is 33.5. The molecule has 0 saturated heterocycles. The van der Waals surface area contributed by atoms with Crippen molar-refractivity contribution in [2.75, 3.05) is 0 Å². The van der Waals surface area contributed by atoms with Crippen LogP contribution < -0.4 is 4.74 Å². The number of thiazole rings is 1. The lowest BCUT2D eigenvalue weighted by molar-refractivity contribution is 0.248. The van der Waals surface area contributed by atoms with E-state index >= 15 is 0 Å². The van der Waals surface area contributed by atoms with Crippen molar-refractivity contribution in [2.24, 2.45) is 0 Å². The Kier molecular flexibility index (Phi) is 6.18. The summed E-state index contributed by atoms with van der Waals surface area (Å²) < 4.78 is 13.3. The highest BCUT2D eigenvalue weighted by atomic mass is 32.1. The molecule has 0 bridgehead atoms. The normalized spacial score (nSPS) is 14.2. The van der Waals surface area contributed by atoms with E-state index in [4.69, 9.17) is 14.8 Å². The van der Waals surface area contributed by atoms with E-state index in [2.05, 4.69) is 110 Å². The Bertz CT molecular complexity index is 2950. The minimum absolute atomic E-state index is 0.393. The van der Waals surface area contributed by atoms with Crippen LogP contribution in [0.2, 0.25) is 0 Å². The third-order valence-electron chi connectivity index (χ3n) is 9.68. The third kappa shape index (κ3) is 4.37. The summed E-state index contributed by atoms with van der Waals surface area (Å²) in [7, 11) is 0. The van der Waals surface area contributed by atoms with Crippen molar-refractivity contribution >= 4 is 71.2 Å². The minimum atomic E-state index is -0.393. The van der Waals surface area contributed by atoms with Gasteiger partial charge in [0.05, 0.1) is 26.1 Å². The number of fused-ring (bicyclic) bond motifs is 5. The molecule has 5 aromatic heterocycles. The molecule has 8 nitrogen and oxygen atoms in total. The second-order valence-corrected chi connectivity index (χ2v) is 14.4. The average Bonchev–Trinajstić information content (AvgIpc) is 4.02. The molecule has 5 aromatic carbocycles. The number of para-hydroxylation sites is 3. The first-order valence-corrected chi connectivity index (χ1v) is 18.2. The van der Waals surface area contributed by atoms with Crippen molar-refractivity contribution in [3.05, 3.63) is 133 Å². The summed E-state index contributed by atoms with van der Waals surface area (Å²) in [5.41, 5.74) is 12.5. The number of rotatable bonds is 5. The monoisotopic (exact) mass is 695 g/mol. The van der Waals surface area contributed by atoms with Gasteiger partial charge in [0.15, 0.2) is 6.10 Å². The molecule has 0 spiro atoms. The lowest BCUT2D eigenvalue weighted by Crippen LogP contribution is -2.10. The fourth-order valence-corrected chi connectivity index (χ4v) is 9.04. The van der Waals surface area contributed by atoms with Crippen LogP contribution in [0, 0.1) is 0 Å². The minimum Gasteiger partial charge on any atom is -0.479 e. The van der Waals surface area contributed by atoms with Crippen LogP contribution in [0.5, 0.6) is 5.75 Å². The maximum absolute atomic E-state index is 6.77. The van der Waals surface area contributed by atoms with Crippen molar-refractivity contribution < 1.29 is 4.74 Å². The Hall–Kier alpha value is -6.36. The molecule has 0 amide bonds. The number of aromatic nitrogens is 7. The number of nitrogens with one attached hydrogen (secondary N) is 3. The highest BCUT2D eigenvalue weighted by Gasteiger charge is 2.32. The SMILES string of the molecule is C1=CC(c2[nH]c3cc(-c4ccc[nH]4)c(-c4n[nH]c5ccccc45)c(-c4nc5ccccc5s4)c3c2-c2cccc3snnc23)Oc2ccccc21. The van der Waals surface area contributed by atoms with E-state index in [1.807, 2.05) is 42.6 Å². The molecule has 1 aliphatic rings. The van der Waals surface area contributed by atoms with E-state index in [1.165, 1.54) is 11.5 Å². The van der Waals surface area contributed by atoms with Gasteiger partial charge in [0.2, 0.25) is 0 Å². The first-order chi connectivity index (χ1) is 25.3. The van der Waals surface area contributed by atoms with Gasteiger partial charge in [-0.05, 0) is 66.1 Å². The van der Waals surface area contributed by atoms with Crippen molar-refractivity contribution in [1.29, 1.82) is 0 Å². The molecule has 0 radical (unpaired) electrons. The van der Waals surface area contributed by atoms with Crippen LogP contribution in [-0.2, 0) is 0 Å². The van der Waals surface area contributed by atoms with Gasteiger partial charge >= 0.3 is 0 Å². The Morgan fingerprint density at radius 2 is 1.63 bits per heavy atom. The Morgan fingerprint density at radius 3 is 2.57 bits per heavy atom. The number of aromatic amines is 3. The number of benzene rings is 5. The van der Waals surface area contributed by atoms with Crippen LogP contribution in [0.1, 0.15) is 17.4 Å². The van der Waals surface area contributed by atoms with Gasteiger partial charge in [-0.25, -0.2) is 4.98 Å². The summed E-state index contributed by atoms with van der Waals surface area (Å²) in [5.74, 6) is 0.838. The van der Waals surface area contributed by atoms with Gasteiger partial charge in [0, 0.05) is 61.6 Å². The number of nitrogens with zero attached hydrogens (tertiary/aromatic N) is 4. The third-order valence-corrected chi connectivity index (χ3v) is 11.4. The molecule has 242 valence electrons. The van der Waals surface area contributed by atoms with Crippen molar-refractivity contribution in [1.82, 2.24) is 34.7 Å².